The second kappa shape index (κ2) is 8.31. The van der Waals surface area contributed by atoms with E-state index in [-0.39, 0.29) is 0 Å². The van der Waals surface area contributed by atoms with Gasteiger partial charge in [-0.05, 0) is 43.5 Å². The molecule has 0 saturated carbocycles. The zero-order valence-electron chi connectivity index (χ0n) is 12.0. The minimum Gasteiger partial charge on any atom is -0.379 e. The van der Waals surface area contributed by atoms with E-state index in [1.165, 1.54) is 11.1 Å². The molecule has 1 aromatic rings. The van der Waals surface area contributed by atoms with Crippen molar-refractivity contribution in [1.82, 2.24) is 10.6 Å². The Morgan fingerprint density at radius 3 is 2.68 bits per heavy atom. The highest BCUT2D eigenvalue weighted by atomic mass is 16.5. The lowest BCUT2D eigenvalue weighted by molar-refractivity contribution is 0.0743. The quantitative estimate of drug-likeness (QED) is 0.735. The van der Waals surface area contributed by atoms with Gasteiger partial charge in [-0.2, -0.15) is 0 Å². The molecule has 106 valence electrons. The molecule has 2 N–H and O–H groups in total. The maximum absolute atomic E-state index is 5.44. The zero-order valence-corrected chi connectivity index (χ0v) is 12.0. The predicted molar refractivity (Wildman–Crippen MR) is 79.6 cm³/mol. The van der Waals surface area contributed by atoms with E-state index in [1.54, 1.807) is 0 Å². The molecule has 0 spiro atoms. The van der Waals surface area contributed by atoms with Crippen LogP contribution in [0.2, 0.25) is 0 Å². The van der Waals surface area contributed by atoms with E-state index in [0.717, 1.165) is 52.1 Å². The van der Waals surface area contributed by atoms with Crippen molar-refractivity contribution in [2.75, 3.05) is 32.8 Å². The van der Waals surface area contributed by atoms with Gasteiger partial charge < -0.3 is 15.4 Å². The second-order valence-electron chi connectivity index (χ2n) is 5.18. The van der Waals surface area contributed by atoms with E-state index in [2.05, 4.69) is 41.8 Å². The maximum Gasteiger partial charge on any atom is 0.0620 e. The molecule has 3 heteroatoms. The molecule has 1 aliphatic heterocycles. The van der Waals surface area contributed by atoms with Crippen molar-refractivity contribution in [2.24, 2.45) is 0 Å². The van der Waals surface area contributed by atoms with Crippen LogP contribution in [0.4, 0.5) is 0 Å². The summed E-state index contributed by atoms with van der Waals surface area (Å²) in [5.74, 6) is 0. The molecule has 0 bridgehead atoms. The van der Waals surface area contributed by atoms with Crippen LogP contribution in [0.1, 0.15) is 24.5 Å². The summed E-state index contributed by atoms with van der Waals surface area (Å²) < 4.78 is 5.44. The minimum atomic E-state index is 0.532. The Morgan fingerprint density at radius 2 is 2.00 bits per heavy atom. The first kappa shape index (κ1) is 14.5. The summed E-state index contributed by atoms with van der Waals surface area (Å²) in [7, 11) is 0. The lowest BCUT2D eigenvalue weighted by Gasteiger charge is -2.23. The monoisotopic (exact) mass is 262 g/mol. The van der Waals surface area contributed by atoms with Gasteiger partial charge in [-0.3, -0.25) is 0 Å². The Bertz CT molecular complexity index is 344. The Kier molecular flexibility index (Phi) is 6.34. The van der Waals surface area contributed by atoms with E-state index >= 15 is 0 Å². The molecule has 1 aliphatic rings. The molecule has 2 rings (SSSR count). The van der Waals surface area contributed by atoms with Crippen LogP contribution < -0.4 is 10.6 Å². The van der Waals surface area contributed by atoms with E-state index < -0.39 is 0 Å². The third-order valence-electron chi connectivity index (χ3n) is 3.69. The maximum atomic E-state index is 5.44. The summed E-state index contributed by atoms with van der Waals surface area (Å²) in [6, 6.07) is 9.50. The van der Waals surface area contributed by atoms with Crippen molar-refractivity contribution < 1.29 is 4.74 Å². The first-order valence-electron chi connectivity index (χ1n) is 7.48. The molecule has 0 radical (unpaired) electrons. The van der Waals surface area contributed by atoms with E-state index in [1.807, 2.05) is 0 Å². The molecule has 3 nitrogen and oxygen atoms in total. The molecular formula is C16H26N2O. The highest BCUT2D eigenvalue weighted by molar-refractivity contribution is 5.22. The van der Waals surface area contributed by atoms with Gasteiger partial charge in [0.1, 0.15) is 0 Å². The number of benzene rings is 1. The van der Waals surface area contributed by atoms with E-state index in [9.17, 15) is 0 Å². The van der Waals surface area contributed by atoms with Crippen LogP contribution in [0.3, 0.4) is 0 Å². The van der Waals surface area contributed by atoms with Crippen molar-refractivity contribution in [2.45, 2.75) is 32.2 Å². The molecule has 0 aromatic heterocycles. The van der Waals surface area contributed by atoms with Gasteiger partial charge in [0.2, 0.25) is 0 Å². The summed E-state index contributed by atoms with van der Waals surface area (Å²) in [5, 5.41) is 6.99. The molecule has 1 aromatic carbocycles. The fourth-order valence-corrected chi connectivity index (χ4v) is 2.38. The predicted octanol–water partition coefficient (Wildman–Crippen LogP) is 1.76. The standard InChI is InChI=1S/C16H26N2O/c1-2-14-3-5-15(6-4-14)7-9-17-10-8-16-13-19-12-11-18-16/h3-6,16-18H,2,7-13H2,1H3. The van der Waals surface area contributed by atoms with Crippen molar-refractivity contribution in [1.29, 1.82) is 0 Å². The lowest BCUT2D eigenvalue weighted by atomic mass is 10.1. The van der Waals surface area contributed by atoms with Crippen molar-refractivity contribution in [3.05, 3.63) is 35.4 Å². The van der Waals surface area contributed by atoms with Crippen molar-refractivity contribution in [3.8, 4) is 0 Å². The SMILES string of the molecule is CCc1ccc(CCNCCC2COCCN2)cc1. The van der Waals surface area contributed by atoms with E-state index in [0.29, 0.717) is 6.04 Å². The number of hydrogen-bond acceptors (Lipinski definition) is 3. The van der Waals surface area contributed by atoms with Gasteiger partial charge in [0.25, 0.3) is 0 Å². The fourth-order valence-electron chi connectivity index (χ4n) is 2.38. The Hall–Kier alpha value is -0.900. The summed E-state index contributed by atoms with van der Waals surface area (Å²) >= 11 is 0. The van der Waals surface area contributed by atoms with Crippen LogP contribution in [0.15, 0.2) is 24.3 Å². The Morgan fingerprint density at radius 1 is 1.21 bits per heavy atom. The van der Waals surface area contributed by atoms with Crippen LogP contribution in [0, 0.1) is 0 Å². The largest absolute Gasteiger partial charge is 0.379 e. The summed E-state index contributed by atoms with van der Waals surface area (Å²) in [6.07, 6.45) is 3.38. The number of rotatable bonds is 7. The van der Waals surface area contributed by atoms with Gasteiger partial charge in [0.05, 0.1) is 13.2 Å². The molecule has 1 unspecified atom stereocenters. The number of hydrogen-bond donors (Lipinski definition) is 2. The highest BCUT2D eigenvalue weighted by Crippen LogP contribution is 2.05. The van der Waals surface area contributed by atoms with Gasteiger partial charge in [0.15, 0.2) is 0 Å². The molecule has 19 heavy (non-hydrogen) atoms. The van der Waals surface area contributed by atoms with Crippen molar-refractivity contribution >= 4 is 0 Å². The van der Waals surface area contributed by atoms with Crippen LogP contribution in [0.5, 0.6) is 0 Å². The minimum absolute atomic E-state index is 0.532. The van der Waals surface area contributed by atoms with Crippen LogP contribution in [-0.2, 0) is 17.6 Å². The zero-order chi connectivity index (χ0) is 13.3. The van der Waals surface area contributed by atoms with Crippen molar-refractivity contribution in [3.63, 3.8) is 0 Å². The molecule has 0 aliphatic carbocycles. The lowest BCUT2D eigenvalue weighted by Crippen LogP contribution is -2.42. The highest BCUT2D eigenvalue weighted by Gasteiger charge is 2.11. The summed E-state index contributed by atoms with van der Waals surface area (Å²) in [5.41, 5.74) is 2.84. The van der Waals surface area contributed by atoms with Gasteiger partial charge in [-0.15, -0.1) is 0 Å². The van der Waals surface area contributed by atoms with Gasteiger partial charge in [-0.25, -0.2) is 0 Å². The van der Waals surface area contributed by atoms with Gasteiger partial charge in [-0.1, -0.05) is 31.2 Å². The molecule has 1 heterocycles. The first-order chi connectivity index (χ1) is 9.38. The third kappa shape index (κ3) is 5.31. The average Bonchev–Trinajstić information content (AvgIpc) is 2.49. The molecular weight excluding hydrogens is 236 g/mol. The normalized spacial score (nSPS) is 19.5. The molecule has 1 fully saturated rings. The smallest absolute Gasteiger partial charge is 0.0620 e. The number of morpholine rings is 1. The average molecular weight is 262 g/mol. The summed E-state index contributed by atoms with van der Waals surface area (Å²) in [6.45, 7) is 7.03. The van der Waals surface area contributed by atoms with Gasteiger partial charge in [0, 0.05) is 12.6 Å². The van der Waals surface area contributed by atoms with Crippen LogP contribution in [-0.4, -0.2) is 38.9 Å². The first-order valence-corrected chi connectivity index (χ1v) is 7.48. The molecule has 0 amide bonds. The van der Waals surface area contributed by atoms with Crippen LogP contribution in [0.25, 0.3) is 0 Å². The number of ether oxygens (including phenoxy) is 1. The van der Waals surface area contributed by atoms with Crippen LogP contribution >= 0.6 is 0 Å². The Balaban J connectivity index is 1.55. The summed E-state index contributed by atoms with van der Waals surface area (Å²) in [4.78, 5) is 0. The third-order valence-corrected chi connectivity index (χ3v) is 3.69. The molecule has 1 atom stereocenters. The molecule has 1 saturated heterocycles. The van der Waals surface area contributed by atoms with Gasteiger partial charge >= 0.3 is 0 Å². The second-order valence-corrected chi connectivity index (χ2v) is 5.18. The topological polar surface area (TPSA) is 33.3 Å². The van der Waals surface area contributed by atoms with E-state index in [4.69, 9.17) is 4.74 Å². The number of aryl methyl sites for hydroxylation is 1. The number of nitrogens with one attached hydrogen (secondary N) is 2. The fraction of sp³-hybridized carbons (Fsp3) is 0.625. The Labute approximate surface area is 116 Å².